The summed E-state index contributed by atoms with van der Waals surface area (Å²) in [4.78, 5) is 4.40. The van der Waals surface area contributed by atoms with Gasteiger partial charge in [0.25, 0.3) is 0 Å². The van der Waals surface area contributed by atoms with Crippen LogP contribution in [0.4, 0.5) is 0 Å². The average Bonchev–Trinajstić information content (AvgIpc) is 2.73. The Kier molecular flexibility index (Phi) is 2.69. The molecule has 6 heteroatoms. The number of nitrogens with zero attached hydrogens (tertiary/aromatic N) is 4. The number of pyridine rings is 1. The molecule has 0 aliphatic rings. The van der Waals surface area contributed by atoms with Gasteiger partial charge in [-0.3, -0.25) is 0 Å². The van der Waals surface area contributed by atoms with E-state index in [4.69, 9.17) is 23.2 Å². The monoisotopic (exact) mass is 278 g/mol. The molecule has 0 atom stereocenters. The molecule has 0 amide bonds. The smallest absolute Gasteiger partial charge is 0.156 e. The van der Waals surface area contributed by atoms with Crippen molar-refractivity contribution >= 4 is 34.2 Å². The molecule has 0 aliphatic heterocycles. The molecule has 90 valence electrons. The normalized spacial score (nSPS) is 11.1. The summed E-state index contributed by atoms with van der Waals surface area (Å²) in [5, 5.41) is 9.07. The number of aryl methyl sites for hydroxylation is 1. The third-order valence-electron chi connectivity index (χ3n) is 2.58. The van der Waals surface area contributed by atoms with E-state index in [0.29, 0.717) is 21.4 Å². The van der Waals surface area contributed by atoms with Gasteiger partial charge in [0.2, 0.25) is 0 Å². The molecule has 0 radical (unpaired) electrons. The Balaban J connectivity index is 2.27. The fraction of sp³-hybridized carbons (Fsp3) is 0.0833. The summed E-state index contributed by atoms with van der Waals surface area (Å²) in [6.07, 6.45) is 0. The summed E-state index contributed by atoms with van der Waals surface area (Å²) < 4.78 is 1.64. The van der Waals surface area contributed by atoms with Crippen LogP contribution in [-0.2, 0) is 0 Å². The number of aromatic nitrogens is 4. The first kappa shape index (κ1) is 11.4. The lowest BCUT2D eigenvalue weighted by Gasteiger charge is -2.02. The van der Waals surface area contributed by atoms with Gasteiger partial charge < -0.3 is 0 Å². The predicted octanol–water partition coefficient (Wildman–Crippen LogP) is 3.43. The summed E-state index contributed by atoms with van der Waals surface area (Å²) in [5.74, 6) is 0.705. The van der Waals surface area contributed by atoms with Gasteiger partial charge in [0.15, 0.2) is 5.82 Å². The molecule has 0 unspecified atom stereocenters. The lowest BCUT2D eigenvalue weighted by atomic mass is 10.3. The second-order valence-corrected chi connectivity index (χ2v) is 4.71. The largest absolute Gasteiger partial charge is 0.234 e. The van der Waals surface area contributed by atoms with Gasteiger partial charge in [-0.1, -0.05) is 34.5 Å². The first-order valence-corrected chi connectivity index (χ1v) is 6.05. The van der Waals surface area contributed by atoms with Gasteiger partial charge >= 0.3 is 0 Å². The maximum Gasteiger partial charge on any atom is 0.156 e. The average molecular weight is 279 g/mol. The molecule has 0 fully saturated rings. The van der Waals surface area contributed by atoms with Crippen LogP contribution in [0.1, 0.15) is 5.69 Å². The van der Waals surface area contributed by atoms with Crippen molar-refractivity contribution in [2.45, 2.75) is 6.92 Å². The van der Waals surface area contributed by atoms with Crippen molar-refractivity contribution < 1.29 is 0 Å². The van der Waals surface area contributed by atoms with Gasteiger partial charge in [0.05, 0.1) is 15.6 Å². The maximum absolute atomic E-state index is 6.01. The van der Waals surface area contributed by atoms with Crippen LogP contribution in [0.2, 0.25) is 10.0 Å². The number of benzene rings is 1. The number of fused-ring (bicyclic) bond motifs is 1. The third kappa shape index (κ3) is 1.83. The zero-order valence-corrected chi connectivity index (χ0v) is 10.9. The van der Waals surface area contributed by atoms with Crippen LogP contribution in [0.15, 0.2) is 30.3 Å². The molecule has 18 heavy (non-hydrogen) atoms. The lowest BCUT2D eigenvalue weighted by Crippen LogP contribution is -2.00. The van der Waals surface area contributed by atoms with Gasteiger partial charge in [0, 0.05) is 5.69 Å². The van der Waals surface area contributed by atoms with Gasteiger partial charge in [-0.2, -0.15) is 4.68 Å². The number of hydrogen-bond donors (Lipinski definition) is 0. The summed E-state index contributed by atoms with van der Waals surface area (Å²) in [6, 6.07) is 9.14. The van der Waals surface area contributed by atoms with E-state index in [0.717, 1.165) is 11.2 Å². The van der Waals surface area contributed by atoms with Gasteiger partial charge in [-0.15, -0.1) is 5.10 Å². The minimum Gasteiger partial charge on any atom is -0.234 e. The standard InChI is InChI=1S/C12H8Cl2N4/c1-7-3-2-4-12(15-7)18-11-6-9(14)8(13)5-10(11)16-17-18/h2-6H,1H3. The minimum atomic E-state index is 0.466. The quantitative estimate of drug-likeness (QED) is 0.685. The first-order valence-electron chi connectivity index (χ1n) is 5.29. The third-order valence-corrected chi connectivity index (χ3v) is 3.30. The Morgan fingerprint density at radius 1 is 1.11 bits per heavy atom. The Morgan fingerprint density at radius 3 is 2.67 bits per heavy atom. The molecular formula is C12H8Cl2N4. The highest BCUT2D eigenvalue weighted by atomic mass is 35.5. The second-order valence-electron chi connectivity index (χ2n) is 3.89. The van der Waals surface area contributed by atoms with Crippen LogP contribution in [0.25, 0.3) is 16.9 Å². The maximum atomic E-state index is 6.01. The molecule has 3 rings (SSSR count). The van der Waals surface area contributed by atoms with E-state index in [2.05, 4.69) is 15.3 Å². The highest BCUT2D eigenvalue weighted by molar-refractivity contribution is 6.42. The Morgan fingerprint density at radius 2 is 1.89 bits per heavy atom. The van der Waals surface area contributed by atoms with Gasteiger partial charge in [-0.05, 0) is 31.2 Å². The Bertz CT molecular complexity index is 736. The van der Waals surface area contributed by atoms with E-state index in [1.807, 2.05) is 25.1 Å². The van der Waals surface area contributed by atoms with Crippen molar-refractivity contribution in [1.29, 1.82) is 0 Å². The van der Waals surface area contributed by atoms with Crippen molar-refractivity contribution in [3.63, 3.8) is 0 Å². The first-order chi connectivity index (χ1) is 8.65. The number of rotatable bonds is 1. The molecule has 0 spiro atoms. The molecule has 0 saturated heterocycles. The van der Waals surface area contributed by atoms with Crippen LogP contribution < -0.4 is 0 Å². The van der Waals surface area contributed by atoms with Crippen LogP contribution in [-0.4, -0.2) is 20.0 Å². The Labute approximate surface area is 113 Å². The van der Waals surface area contributed by atoms with Crippen molar-refractivity contribution in [1.82, 2.24) is 20.0 Å². The fourth-order valence-electron chi connectivity index (χ4n) is 1.73. The Hall–Kier alpha value is -1.65. The SMILES string of the molecule is Cc1cccc(-n2nnc3cc(Cl)c(Cl)cc32)n1. The summed E-state index contributed by atoms with van der Waals surface area (Å²) in [7, 11) is 0. The molecule has 0 N–H and O–H groups in total. The molecule has 0 aliphatic carbocycles. The van der Waals surface area contributed by atoms with Crippen molar-refractivity contribution in [2.24, 2.45) is 0 Å². The van der Waals surface area contributed by atoms with E-state index in [9.17, 15) is 0 Å². The zero-order chi connectivity index (χ0) is 12.7. The molecule has 2 aromatic heterocycles. The lowest BCUT2D eigenvalue weighted by molar-refractivity contribution is 0.798. The fourth-order valence-corrected chi connectivity index (χ4v) is 2.05. The van der Waals surface area contributed by atoms with E-state index >= 15 is 0 Å². The van der Waals surface area contributed by atoms with Crippen molar-refractivity contribution in [2.75, 3.05) is 0 Å². The highest BCUT2D eigenvalue weighted by Gasteiger charge is 2.10. The summed E-state index contributed by atoms with van der Waals surface area (Å²) in [6.45, 7) is 1.92. The molecule has 0 bridgehead atoms. The van der Waals surface area contributed by atoms with E-state index in [1.54, 1.807) is 16.8 Å². The molecule has 4 nitrogen and oxygen atoms in total. The highest BCUT2D eigenvalue weighted by Crippen LogP contribution is 2.27. The minimum absolute atomic E-state index is 0.466. The molecule has 1 aromatic carbocycles. The van der Waals surface area contributed by atoms with Gasteiger partial charge in [-0.25, -0.2) is 4.98 Å². The van der Waals surface area contributed by atoms with E-state index in [1.165, 1.54) is 0 Å². The van der Waals surface area contributed by atoms with Crippen LogP contribution in [0.5, 0.6) is 0 Å². The zero-order valence-electron chi connectivity index (χ0n) is 9.43. The van der Waals surface area contributed by atoms with Gasteiger partial charge in [0.1, 0.15) is 5.52 Å². The predicted molar refractivity (Wildman–Crippen MR) is 71.4 cm³/mol. The van der Waals surface area contributed by atoms with Crippen LogP contribution in [0.3, 0.4) is 0 Å². The van der Waals surface area contributed by atoms with E-state index in [-0.39, 0.29) is 0 Å². The summed E-state index contributed by atoms with van der Waals surface area (Å²) >= 11 is 12.0. The molecule has 2 heterocycles. The van der Waals surface area contributed by atoms with E-state index < -0.39 is 0 Å². The molecule has 0 saturated carbocycles. The second kappa shape index (κ2) is 4.23. The molecule has 3 aromatic rings. The van der Waals surface area contributed by atoms with Crippen molar-refractivity contribution in [3.8, 4) is 5.82 Å². The van der Waals surface area contributed by atoms with Crippen LogP contribution in [0, 0.1) is 6.92 Å². The van der Waals surface area contributed by atoms with Crippen molar-refractivity contribution in [3.05, 3.63) is 46.1 Å². The number of halogens is 2. The summed E-state index contributed by atoms with van der Waals surface area (Å²) in [5.41, 5.74) is 2.38. The number of hydrogen-bond acceptors (Lipinski definition) is 3. The van der Waals surface area contributed by atoms with Crippen LogP contribution >= 0.6 is 23.2 Å². The topological polar surface area (TPSA) is 43.6 Å². The molecular weight excluding hydrogens is 271 g/mol.